The van der Waals surface area contributed by atoms with Crippen molar-refractivity contribution in [2.75, 3.05) is 24.7 Å². The van der Waals surface area contributed by atoms with Gasteiger partial charge in [-0.05, 0) is 26.3 Å². The second-order valence-corrected chi connectivity index (χ2v) is 11.5. The number of nitrogens with two attached hydrogens (primary N) is 1. The van der Waals surface area contributed by atoms with Gasteiger partial charge in [0.15, 0.2) is 0 Å². The molecule has 5 N–H and O–H groups in total. The molecule has 1 saturated heterocycles. The van der Waals surface area contributed by atoms with Crippen molar-refractivity contribution in [3.8, 4) is 0 Å². The molecule has 190 valence electrons. The highest BCUT2D eigenvalue weighted by Crippen LogP contribution is 2.38. The molecule has 0 bridgehead atoms. The quantitative estimate of drug-likeness (QED) is 0.307. The monoisotopic (exact) mass is 504 g/mol. The van der Waals surface area contributed by atoms with Crippen molar-refractivity contribution in [3.63, 3.8) is 0 Å². The lowest BCUT2D eigenvalue weighted by atomic mass is 9.92. The van der Waals surface area contributed by atoms with Gasteiger partial charge in [0.1, 0.15) is 11.7 Å². The maximum atomic E-state index is 13.3. The van der Waals surface area contributed by atoms with Gasteiger partial charge in [-0.2, -0.15) is 9.78 Å². The molecule has 0 aliphatic carbocycles. The summed E-state index contributed by atoms with van der Waals surface area (Å²) in [5.74, 6) is -1.75. The van der Waals surface area contributed by atoms with Gasteiger partial charge in [-0.15, -0.1) is 0 Å². The summed E-state index contributed by atoms with van der Waals surface area (Å²) in [5.41, 5.74) is 6.92. The van der Waals surface area contributed by atoms with E-state index < -0.39 is 45.7 Å². The first-order valence-corrected chi connectivity index (χ1v) is 13.0. The number of aromatic nitrogens is 2. The number of amides is 1. The number of benzene rings is 1. The molecule has 35 heavy (non-hydrogen) atoms. The molecule has 2 heterocycles. The molecule has 0 spiro atoms. The van der Waals surface area contributed by atoms with Gasteiger partial charge in [0.2, 0.25) is 15.9 Å². The van der Waals surface area contributed by atoms with Crippen molar-refractivity contribution >= 4 is 33.5 Å². The second kappa shape index (κ2) is 9.42. The van der Waals surface area contributed by atoms with Crippen LogP contribution in [0.5, 0.6) is 0 Å². The molecule has 3 rings (SSSR count). The summed E-state index contributed by atoms with van der Waals surface area (Å²) in [6.07, 6.45) is 0.989. The van der Waals surface area contributed by atoms with E-state index in [1.165, 1.54) is 4.68 Å². The van der Waals surface area contributed by atoms with Crippen molar-refractivity contribution in [2.45, 2.75) is 40.2 Å². The fourth-order valence-corrected chi connectivity index (χ4v) is 4.93. The van der Waals surface area contributed by atoms with Gasteiger partial charge < -0.3 is 16.2 Å². The van der Waals surface area contributed by atoms with Crippen LogP contribution in [0.25, 0.3) is 0 Å². The average molecular weight is 505 g/mol. The van der Waals surface area contributed by atoms with E-state index in [4.69, 9.17) is 11.1 Å². The Balaban J connectivity index is 2.01. The summed E-state index contributed by atoms with van der Waals surface area (Å²) in [4.78, 5) is 25.9. The van der Waals surface area contributed by atoms with Crippen LogP contribution in [-0.4, -0.2) is 64.7 Å². The Morgan fingerprint density at radius 3 is 2.40 bits per heavy atom. The molecule has 0 saturated carbocycles. The predicted molar refractivity (Wildman–Crippen MR) is 132 cm³/mol. The summed E-state index contributed by atoms with van der Waals surface area (Å²) in [7, 11) is -3.73. The first-order chi connectivity index (χ1) is 16.2. The van der Waals surface area contributed by atoms with Gasteiger partial charge in [0, 0.05) is 36.1 Å². The molecule has 1 aliphatic rings. The molecule has 2 aromatic rings. The van der Waals surface area contributed by atoms with E-state index in [1.54, 1.807) is 39.8 Å². The highest BCUT2D eigenvalue weighted by molar-refractivity contribution is 7.88. The predicted octanol–water partition coefficient (Wildman–Crippen LogP) is 1.27. The van der Waals surface area contributed by atoms with Crippen LogP contribution in [0.15, 0.2) is 24.3 Å². The first kappa shape index (κ1) is 26.4. The molecule has 12 heteroatoms. The number of carbonyl (C=O) groups excluding carboxylic acids is 2. The third-order valence-electron chi connectivity index (χ3n) is 6.40. The maximum absolute atomic E-state index is 13.3. The fourth-order valence-electron chi connectivity index (χ4n) is 4.01. The number of anilines is 1. The number of hydrogen-bond donors (Lipinski definition) is 4. The third-order valence-corrected chi connectivity index (χ3v) is 7.53. The summed E-state index contributed by atoms with van der Waals surface area (Å²) in [6, 6.07) is 7.06. The minimum absolute atomic E-state index is 0.0386. The highest BCUT2D eigenvalue weighted by atomic mass is 32.2. The SMILES string of the molecule is Cc1c(C2CN(S(C)(=O)=O)C(=O)C2C)nn(C(=O)C(C)(C)CO)c1NCc1ccc(C(=N)N)cc1. The van der Waals surface area contributed by atoms with E-state index in [0.717, 1.165) is 16.1 Å². The summed E-state index contributed by atoms with van der Waals surface area (Å²) >= 11 is 0. The lowest BCUT2D eigenvalue weighted by molar-refractivity contribution is -0.126. The Bertz CT molecular complexity index is 1270. The molecule has 1 fully saturated rings. The van der Waals surface area contributed by atoms with Gasteiger partial charge >= 0.3 is 0 Å². The van der Waals surface area contributed by atoms with Crippen LogP contribution in [0, 0.1) is 23.7 Å². The van der Waals surface area contributed by atoms with Crippen LogP contribution >= 0.6 is 0 Å². The molecule has 1 aromatic carbocycles. The zero-order chi connectivity index (χ0) is 26.3. The number of nitrogens with zero attached hydrogens (tertiary/aromatic N) is 3. The summed E-state index contributed by atoms with van der Waals surface area (Å²) < 4.78 is 26.2. The van der Waals surface area contributed by atoms with E-state index >= 15 is 0 Å². The Labute approximate surface area is 204 Å². The van der Waals surface area contributed by atoms with Crippen molar-refractivity contribution in [2.24, 2.45) is 17.1 Å². The van der Waals surface area contributed by atoms with Crippen molar-refractivity contribution in [1.82, 2.24) is 14.1 Å². The summed E-state index contributed by atoms with van der Waals surface area (Å²) in [6.45, 7) is 6.49. The fraction of sp³-hybridized carbons (Fsp3) is 0.478. The van der Waals surface area contributed by atoms with E-state index in [1.807, 2.05) is 12.1 Å². The van der Waals surface area contributed by atoms with Crippen LogP contribution in [0.1, 0.15) is 53.9 Å². The average Bonchev–Trinajstić information content (AvgIpc) is 3.27. The zero-order valence-corrected chi connectivity index (χ0v) is 21.3. The largest absolute Gasteiger partial charge is 0.395 e. The van der Waals surface area contributed by atoms with Crippen molar-refractivity contribution in [3.05, 3.63) is 46.6 Å². The number of sulfonamides is 1. The zero-order valence-electron chi connectivity index (χ0n) is 20.5. The lowest BCUT2D eigenvalue weighted by Crippen LogP contribution is -2.34. The van der Waals surface area contributed by atoms with E-state index in [-0.39, 0.29) is 12.4 Å². The maximum Gasteiger partial charge on any atom is 0.256 e. The van der Waals surface area contributed by atoms with E-state index in [0.29, 0.717) is 29.2 Å². The Kier molecular flexibility index (Phi) is 7.09. The van der Waals surface area contributed by atoms with E-state index in [9.17, 15) is 23.1 Å². The normalized spacial score (nSPS) is 18.7. The third kappa shape index (κ3) is 5.08. The number of rotatable bonds is 8. The summed E-state index contributed by atoms with van der Waals surface area (Å²) in [5, 5.41) is 25.0. The van der Waals surface area contributed by atoms with Crippen LogP contribution in [0.3, 0.4) is 0 Å². The van der Waals surface area contributed by atoms with Gasteiger partial charge in [-0.25, -0.2) is 12.7 Å². The highest BCUT2D eigenvalue weighted by Gasteiger charge is 2.45. The Morgan fingerprint density at radius 1 is 1.31 bits per heavy atom. The molecule has 0 radical (unpaired) electrons. The van der Waals surface area contributed by atoms with Crippen LogP contribution in [0.2, 0.25) is 0 Å². The molecule has 2 atom stereocenters. The number of nitrogen functional groups attached to an aromatic ring is 1. The molecule has 1 amide bonds. The van der Waals surface area contributed by atoms with Crippen LogP contribution < -0.4 is 11.1 Å². The van der Waals surface area contributed by atoms with Crippen molar-refractivity contribution < 1.29 is 23.1 Å². The van der Waals surface area contributed by atoms with Gasteiger partial charge in [0.25, 0.3) is 5.91 Å². The molecule has 1 aromatic heterocycles. The number of aliphatic hydroxyl groups is 1. The number of carbonyl (C=O) groups is 2. The lowest BCUT2D eigenvalue weighted by Gasteiger charge is -2.21. The van der Waals surface area contributed by atoms with E-state index in [2.05, 4.69) is 10.4 Å². The van der Waals surface area contributed by atoms with Crippen molar-refractivity contribution in [1.29, 1.82) is 5.41 Å². The molecule has 11 nitrogen and oxygen atoms in total. The van der Waals surface area contributed by atoms with Gasteiger partial charge in [-0.1, -0.05) is 31.2 Å². The molecule has 1 aliphatic heterocycles. The minimum atomic E-state index is -3.73. The molecular formula is C23H32N6O5S. The minimum Gasteiger partial charge on any atom is -0.395 e. The standard InChI is InChI=1S/C23H32N6O5S/c1-13-17(11-28(21(13)31)35(5,33)34)18-14(2)20(29(27-18)22(32)23(3,4)12-30)26-10-15-6-8-16(9-7-15)19(24)25/h6-9,13,17,26,30H,10-12H2,1-5H3,(H3,24,25). The number of hydrogen-bond acceptors (Lipinski definition) is 8. The Morgan fingerprint density at radius 2 is 1.91 bits per heavy atom. The number of aliphatic hydroxyl groups excluding tert-OH is 1. The Hall–Kier alpha value is -3.25. The molecular weight excluding hydrogens is 472 g/mol. The van der Waals surface area contributed by atoms with Crippen LogP contribution in [-0.2, 0) is 21.4 Å². The smallest absolute Gasteiger partial charge is 0.256 e. The molecule has 2 unspecified atom stereocenters. The second-order valence-electron chi connectivity index (χ2n) is 9.61. The topological polar surface area (TPSA) is 171 Å². The number of amidine groups is 1. The van der Waals surface area contributed by atoms with Crippen LogP contribution in [0.4, 0.5) is 5.82 Å². The number of nitrogens with one attached hydrogen (secondary N) is 2. The first-order valence-electron chi connectivity index (χ1n) is 11.1. The van der Waals surface area contributed by atoms with Gasteiger partial charge in [-0.3, -0.25) is 15.0 Å². The van der Waals surface area contributed by atoms with Gasteiger partial charge in [0.05, 0.1) is 24.0 Å².